The van der Waals surface area contributed by atoms with Crippen LogP contribution in [-0.4, -0.2) is 68.9 Å². The Hall–Kier alpha value is -1.80. The van der Waals surface area contributed by atoms with Gasteiger partial charge in [-0.1, -0.05) is 0 Å². The summed E-state index contributed by atoms with van der Waals surface area (Å²) in [6.45, 7) is 6.27. The lowest BCUT2D eigenvalue weighted by atomic mass is 10.1. The third-order valence-corrected chi connectivity index (χ3v) is 4.67. The zero-order valence-corrected chi connectivity index (χ0v) is 12.5. The zero-order valence-electron chi connectivity index (χ0n) is 11.7. The number of hydrogen-bond donors (Lipinski definition) is 0. The fraction of sp³-hybridized carbons (Fsp3) is 0.538. The van der Waals surface area contributed by atoms with Crippen molar-refractivity contribution >= 4 is 23.5 Å². The summed E-state index contributed by atoms with van der Waals surface area (Å²) in [5.74, 6) is 1.87. The van der Waals surface area contributed by atoms with E-state index in [-0.39, 0.29) is 0 Å². The molecular formula is C13H17N7S. The molecule has 0 radical (unpaired) electrons. The molecule has 0 N–H and O–H groups in total. The van der Waals surface area contributed by atoms with Crippen LogP contribution in [-0.2, 0) is 0 Å². The lowest BCUT2D eigenvalue weighted by Crippen LogP contribution is -2.63. The summed E-state index contributed by atoms with van der Waals surface area (Å²) in [5.41, 5.74) is 0. The lowest BCUT2D eigenvalue weighted by molar-refractivity contribution is 0.156. The zero-order chi connectivity index (χ0) is 14.1. The Labute approximate surface area is 127 Å². The Kier molecular flexibility index (Phi) is 3.40. The van der Waals surface area contributed by atoms with Crippen LogP contribution in [0.1, 0.15) is 0 Å². The monoisotopic (exact) mass is 303 g/mol. The predicted molar refractivity (Wildman–Crippen MR) is 81.7 cm³/mol. The molecule has 0 spiro atoms. The first-order valence-electron chi connectivity index (χ1n) is 7.19. The first-order chi connectivity index (χ1) is 10.4. The van der Waals surface area contributed by atoms with Crippen molar-refractivity contribution in [3.05, 3.63) is 24.7 Å². The van der Waals surface area contributed by atoms with Crippen molar-refractivity contribution in [1.82, 2.24) is 23.6 Å². The van der Waals surface area contributed by atoms with E-state index >= 15 is 0 Å². The van der Waals surface area contributed by atoms with Crippen LogP contribution >= 0.6 is 11.7 Å². The van der Waals surface area contributed by atoms with E-state index in [1.165, 1.54) is 11.7 Å². The molecule has 4 heterocycles. The first-order valence-corrected chi connectivity index (χ1v) is 7.92. The molecule has 2 aliphatic rings. The van der Waals surface area contributed by atoms with Crippen LogP contribution in [0.2, 0.25) is 0 Å². The molecule has 0 saturated carbocycles. The second-order valence-corrected chi connectivity index (χ2v) is 5.95. The second-order valence-electron chi connectivity index (χ2n) is 5.40. The average molecular weight is 303 g/mol. The summed E-state index contributed by atoms with van der Waals surface area (Å²) in [6.07, 6.45) is 5.46. The molecule has 0 bridgehead atoms. The molecular weight excluding hydrogens is 286 g/mol. The highest BCUT2D eigenvalue weighted by Gasteiger charge is 2.34. The van der Waals surface area contributed by atoms with Gasteiger partial charge in [0.1, 0.15) is 0 Å². The molecule has 2 aromatic heterocycles. The highest BCUT2D eigenvalue weighted by Crippen LogP contribution is 2.23. The number of anilines is 2. The molecule has 4 rings (SSSR count). The molecule has 2 fully saturated rings. The molecule has 110 valence electrons. The third kappa shape index (κ3) is 2.56. The summed E-state index contributed by atoms with van der Waals surface area (Å²) in [4.78, 5) is 15.8. The van der Waals surface area contributed by atoms with Crippen molar-refractivity contribution in [3.63, 3.8) is 0 Å². The Bertz CT molecular complexity index is 561. The van der Waals surface area contributed by atoms with Gasteiger partial charge >= 0.3 is 0 Å². The summed E-state index contributed by atoms with van der Waals surface area (Å²) in [6, 6.07) is 2.50. The number of nitrogens with zero attached hydrogens (tertiary/aromatic N) is 7. The molecule has 21 heavy (non-hydrogen) atoms. The Balaban J connectivity index is 1.29. The smallest absolute Gasteiger partial charge is 0.225 e. The van der Waals surface area contributed by atoms with Gasteiger partial charge in [0, 0.05) is 57.7 Å². The van der Waals surface area contributed by atoms with Gasteiger partial charge in [-0.25, -0.2) is 9.97 Å². The van der Waals surface area contributed by atoms with Crippen molar-refractivity contribution in [2.45, 2.75) is 6.04 Å². The second kappa shape index (κ2) is 5.53. The normalized spacial score (nSPS) is 20.6. The van der Waals surface area contributed by atoms with E-state index in [1.54, 1.807) is 12.4 Å². The van der Waals surface area contributed by atoms with E-state index in [4.69, 9.17) is 0 Å². The van der Waals surface area contributed by atoms with Gasteiger partial charge in [-0.05, 0) is 6.07 Å². The van der Waals surface area contributed by atoms with Crippen LogP contribution in [0.3, 0.4) is 0 Å². The highest BCUT2D eigenvalue weighted by molar-refractivity contribution is 6.99. The van der Waals surface area contributed by atoms with Crippen molar-refractivity contribution in [1.29, 1.82) is 0 Å². The quantitative estimate of drug-likeness (QED) is 0.810. The summed E-state index contributed by atoms with van der Waals surface area (Å²) in [7, 11) is 0. The van der Waals surface area contributed by atoms with Crippen molar-refractivity contribution < 1.29 is 0 Å². The number of piperazine rings is 1. The average Bonchev–Trinajstić information content (AvgIpc) is 3.01. The van der Waals surface area contributed by atoms with Crippen LogP contribution in [0, 0.1) is 0 Å². The molecule has 0 atom stereocenters. The van der Waals surface area contributed by atoms with Gasteiger partial charge in [-0.3, -0.25) is 4.90 Å². The van der Waals surface area contributed by atoms with E-state index in [9.17, 15) is 0 Å². The van der Waals surface area contributed by atoms with E-state index < -0.39 is 0 Å². The fourth-order valence-corrected chi connectivity index (χ4v) is 3.35. The summed E-state index contributed by atoms with van der Waals surface area (Å²) < 4.78 is 8.34. The molecule has 2 aliphatic heterocycles. The molecule has 0 unspecified atom stereocenters. The Morgan fingerprint density at radius 3 is 2.43 bits per heavy atom. The maximum Gasteiger partial charge on any atom is 0.225 e. The third-order valence-electron chi connectivity index (χ3n) is 4.20. The molecule has 2 aromatic rings. The Morgan fingerprint density at radius 2 is 1.76 bits per heavy atom. The first kappa shape index (κ1) is 12.9. The van der Waals surface area contributed by atoms with Crippen LogP contribution in [0.15, 0.2) is 24.7 Å². The molecule has 8 heteroatoms. The Morgan fingerprint density at radius 1 is 1.00 bits per heavy atom. The standard InChI is InChI=1S/C13H17N7S/c1-2-14-13(15-3-1)19-6-4-18(5-7-19)11-9-20(10-11)12-8-16-21-17-12/h1-3,8,11H,4-7,9-10H2. The van der Waals surface area contributed by atoms with Gasteiger partial charge < -0.3 is 9.80 Å². The van der Waals surface area contributed by atoms with Crippen LogP contribution in [0.25, 0.3) is 0 Å². The fourth-order valence-electron chi connectivity index (χ4n) is 2.91. The van der Waals surface area contributed by atoms with Gasteiger partial charge in [0.25, 0.3) is 0 Å². The van der Waals surface area contributed by atoms with Crippen LogP contribution < -0.4 is 9.80 Å². The highest BCUT2D eigenvalue weighted by atomic mass is 32.1. The van der Waals surface area contributed by atoms with Crippen LogP contribution in [0.5, 0.6) is 0 Å². The van der Waals surface area contributed by atoms with E-state index in [2.05, 4.69) is 33.4 Å². The molecule has 2 saturated heterocycles. The molecule has 7 nitrogen and oxygen atoms in total. The van der Waals surface area contributed by atoms with Crippen molar-refractivity contribution in [2.75, 3.05) is 49.1 Å². The molecule has 0 aromatic carbocycles. The summed E-state index contributed by atoms with van der Waals surface area (Å²) >= 11 is 1.28. The van der Waals surface area contributed by atoms with E-state index in [0.717, 1.165) is 51.0 Å². The summed E-state index contributed by atoms with van der Waals surface area (Å²) in [5, 5.41) is 0. The number of hydrogen-bond acceptors (Lipinski definition) is 8. The van der Waals surface area contributed by atoms with Gasteiger partial charge in [-0.15, -0.1) is 0 Å². The minimum atomic E-state index is 0.644. The van der Waals surface area contributed by atoms with E-state index in [0.29, 0.717) is 6.04 Å². The van der Waals surface area contributed by atoms with E-state index in [1.807, 2.05) is 12.3 Å². The SMILES string of the molecule is c1cnc(N2CCN(C3CN(c4cnsn4)C3)CC2)nc1. The molecule has 0 amide bonds. The predicted octanol–water partition coefficient (Wildman–Crippen LogP) is 0.339. The van der Waals surface area contributed by atoms with Crippen LogP contribution in [0.4, 0.5) is 11.8 Å². The van der Waals surface area contributed by atoms with Gasteiger partial charge in [0.2, 0.25) is 5.95 Å². The minimum absolute atomic E-state index is 0.644. The van der Waals surface area contributed by atoms with Gasteiger partial charge in [0.05, 0.1) is 17.9 Å². The van der Waals surface area contributed by atoms with Gasteiger partial charge in [0.15, 0.2) is 5.82 Å². The number of rotatable bonds is 3. The largest absolute Gasteiger partial charge is 0.351 e. The topological polar surface area (TPSA) is 61.3 Å². The van der Waals surface area contributed by atoms with Crippen molar-refractivity contribution in [3.8, 4) is 0 Å². The maximum absolute atomic E-state index is 4.33. The van der Waals surface area contributed by atoms with Gasteiger partial charge in [-0.2, -0.15) is 8.75 Å². The lowest BCUT2D eigenvalue weighted by Gasteiger charge is -2.48. The maximum atomic E-state index is 4.33. The minimum Gasteiger partial charge on any atom is -0.351 e. The number of aromatic nitrogens is 4. The van der Waals surface area contributed by atoms with Crippen molar-refractivity contribution in [2.24, 2.45) is 0 Å². The molecule has 0 aliphatic carbocycles.